The highest BCUT2D eigenvalue weighted by Crippen LogP contribution is 2.31. The molecule has 0 radical (unpaired) electrons. The largest absolute Gasteiger partial charge is 0.573 e. The number of halogens is 4. The Bertz CT molecular complexity index is 1060. The van der Waals surface area contributed by atoms with Crippen molar-refractivity contribution in [2.45, 2.75) is 25.1 Å². The SMILES string of the molecule is O=C(c1ccccc1OC(F)(F)F)N1CCC(c2nc(-c3ccc(F)cc3)n[nH]2)CC1. The highest BCUT2D eigenvalue weighted by atomic mass is 19.4. The first-order chi connectivity index (χ1) is 14.8. The van der Waals surface area contributed by atoms with Crippen molar-refractivity contribution >= 4 is 5.91 Å². The lowest BCUT2D eigenvalue weighted by molar-refractivity contribution is -0.274. The summed E-state index contributed by atoms with van der Waals surface area (Å²) in [6.45, 7) is 0.715. The molecule has 0 aliphatic carbocycles. The molecule has 1 aromatic heterocycles. The molecule has 162 valence electrons. The van der Waals surface area contributed by atoms with E-state index in [1.807, 2.05) is 0 Å². The Kier molecular flexibility index (Phi) is 5.62. The number of aromatic nitrogens is 3. The van der Waals surface area contributed by atoms with Crippen molar-refractivity contribution in [2.75, 3.05) is 13.1 Å². The van der Waals surface area contributed by atoms with Crippen LogP contribution in [0.3, 0.4) is 0 Å². The highest BCUT2D eigenvalue weighted by molar-refractivity contribution is 5.97. The van der Waals surface area contributed by atoms with E-state index in [4.69, 9.17) is 0 Å². The van der Waals surface area contributed by atoms with Crippen LogP contribution in [0.1, 0.15) is 34.9 Å². The van der Waals surface area contributed by atoms with Gasteiger partial charge in [0.05, 0.1) is 5.56 Å². The number of benzene rings is 2. The normalized spacial score (nSPS) is 15.2. The van der Waals surface area contributed by atoms with Crippen LogP contribution in [0.2, 0.25) is 0 Å². The average molecular weight is 434 g/mol. The molecule has 2 heterocycles. The van der Waals surface area contributed by atoms with E-state index < -0.39 is 18.0 Å². The zero-order valence-corrected chi connectivity index (χ0v) is 16.2. The number of carbonyl (C=O) groups excluding carboxylic acids is 1. The molecule has 1 aliphatic heterocycles. The Morgan fingerprint density at radius 1 is 1.06 bits per heavy atom. The molecule has 6 nitrogen and oxygen atoms in total. The monoisotopic (exact) mass is 434 g/mol. The van der Waals surface area contributed by atoms with Crippen molar-refractivity contribution in [3.8, 4) is 17.1 Å². The van der Waals surface area contributed by atoms with Crippen LogP contribution < -0.4 is 4.74 Å². The first kappa shape index (κ1) is 20.8. The van der Waals surface area contributed by atoms with Gasteiger partial charge in [0.15, 0.2) is 5.82 Å². The Labute approximate surface area is 174 Å². The molecule has 10 heteroatoms. The van der Waals surface area contributed by atoms with Crippen molar-refractivity contribution in [1.29, 1.82) is 0 Å². The van der Waals surface area contributed by atoms with E-state index in [-0.39, 0.29) is 17.3 Å². The third-order valence-electron chi connectivity index (χ3n) is 5.12. The molecule has 1 amide bonds. The molecule has 0 spiro atoms. The molecular formula is C21H18F4N4O2. The van der Waals surface area contributed by atoms with E-state index in [1.54, 1.807) is 12.1 Å². The molecule has 0 unspecified atom stereocenters. The molecular weight excluding hydrogens is 416 g/mol. The number of likely N-dealkylation sites (tertiary alicyclic amines) is 1. The average Bonchev–Trinajstić information content (AvgIpc) is 3.23. The number of rotatable bonds is 4. The number of aromatic amines is 1. The van der Waals surface area contributed by atoms with Crippen molar-refractivity contribution in [3.63, 3.8) is 0 Å². The fourth-order valence-corrected chi connectivity index (χ4v) is 3.57. The van der Waals surface area contributed by atoms with E-state index in [1.165, 1.54) is 35.2 Å². The van der Waals surface area contributed by atoms with Crippen LogP contribution in [0, 0.1) is 5.82 Å². The maximum absolute atomic E-state index is 13.1. The van der Waals surface area contributed by atoms with Crippen molar-refractivity contribution < 1.29 is 27.1 Å². The number of hydrogen-bond donors (Lipinski definition) is 1. The lowest BCUT2D eigenvalue weighted by atomic mass is 9.95. The molecule has 1 aliphatic rings. The maximum Gasteiger partial charge on any atom is 0.573 e. The first-order valence-corrected chi connectivity index (χ1v) is 9.62. The molecule has 0 bridgehead atoms. The Balaban J connectivity index is 1.42. The van der Waals surface area contributed by atoms with Crippen molar-refractivity contribution in [3.05, 3.63) is 65.7 Å². The second kappa shape index (κ2) is 8.37. The van der Waals surface area contributed by atoms with Gasteiger partial charge in [0.1, 0.15) is 17.4 Å². The van der Waals surface area contributed by atoms with Crippen LogP contribution in [0.5, 0.6) is 5.75 Å². The zero-order chi connectivity index (χ0) is 22.0. The predicted octanol–water partition coefficient (Wildman–Crippen LogP) is 4.53. The predicted molar refractivity (Wildman–Crippen MR) is 103 cm³/mol. The first-order valence-electron chi connectivity index (χ1n) is 9.62. The van der Waals surface area contributed by atoms with Gasteiger partial charge in [0.2, 0.25) is 0 Å². The smallest absolute Gasteiger partial charge is 0.405 e. The standard InChI is InChI=1S/C21H18F4N4O2/c22-15-7-5-13(6-8-15)18-26-19(28-27-18)14-9-11-29(12-10-14)20(30)16-3-1-2-4-17(16)31-21(23,24)25/h1-8,14H,9-12H2,(H,26,27,28). The van der Waals surface area contributed by atoms with Crippen LogP contribution in [-0.4, -0.2) is 45.4 Å². The minimum Gasteiger partial charge on any atom is -0.405 e. The number of piperidine rings is 1. The van der Waals surface area contributed by atoms with Gasteiger partial charge in [0.25, 0.3) is 5.91 Å². The Morgan fingerprint density at radius 3 is 2.42 bits per heavy atom. The van der Waals surface area contributed by atoms with Crippen molar-refractivity contribution in [1.82, 2.24) is 20.1 Å². The summed E-state index contributed by atoms with van der Waals surface area (Å²) in [5, 5.41) is 7.07. The zero-order valence-electron chi connectivity index (χ0n) is 16.2. The lowest BCUT2D eigenvalue weighted by Gasteiger charge is -2.31. The van der Waals surface area contributed by atoms with Gasteiger partial charge in [-0.25, -0.2) is 9.37 Å². The molecule has 1 saturated heterocycles. The second-order valence-electron chi connectivity index (χ2n) is 7.16. The van der Waals surface area contributed by atoms with Crippen LogP contribution in [0.15, 0.2) is 48.5 Å². The number of H-pyrrole nitrogens is 1. The fourth-order valence-electron chi connectivity index (χ4n) is 3.57. The molecule has 1 fully saturated rings. The Morgan fingerprint density at radius 2 is 1.74 bits per heavy atom. The molecule has 2 aromatic carbocycles. The van der Waals surface area contributed by atoms with E-state index >= 15 is 0 Å². The summed E-state index contributed by atoms with van der Waals surface area (Å²) in [4.78, 5) is 18.8. The maximum atomic E-state index is 13.1. The van der Waals surface area contributed by atoms with Gasteiger partial charge in [-0.2, -0.15) is 5.10 Å². The number of carbonyl (C=O) groups is 1. The summed E-state index contributed by atoms with van der Waals surface area (Å²) >= 11 is 0. The minimum atomic E-state index is -4.88. The second-order valence-corrected chi connectivity index (χ2v) is 7.16. The summed E-state index contributed by atoms with van der Waals surface area (Å²) in [5.41, 5.74) is 0.550. The van der Waals surface area contributed by atoms with Gasteiger partial charge in [-0.1, -0.05) is 12.1 Å². The number of para-hydroxylation sites is 1. The number of nitrogens with zero attached hydrogens (tertiary/aromatic N) is 3. The highest BCUT2D eigenvalue weighted by Gasteiger charge is 2.34. The summed E-state index contributed by atoms with van der Waals surface area (Å²) in [6, 6.07) is 11.2. The summed E-state index contributed by atoms with van der Waals surface area (Å²) in [5.74, 6) is -0.241. The van der Waals surface area contributed by atoms with Crippen LogP contribution >= 0.6 is 0 Å². The van der Waals surface area contributed by atoms with E-state index in [9.17, 15) is 22.4 Å². The van der Waals surface area contributed by atoms with Gasteiger partial charge in [-0.15, -0.1) is 13.2 Å². The molecule has 4 rings (SSSR count). The van der Waals surface area contributed by atoms with Crippen LogP contribution in [0.4, 0.5) is 17.6 Å². The number of amides is 1. The van der Waals surface area contributed by atoms with Gasteiger partial charge >= 0.3 is 6.36 Å². The summed E-state index contributed by atoms with van der Waals surface area (Å²) in [7, 11) is 0. The van der Waals surface area contributed by atoms with Crippen molar-refractivity contribution in [2.24, 2.45) is 0 Å². The Hall–Kier alpha value is -3.43. The summed E-state index contributed by atoms with van der Waals surface area (Å²) < 4.78 is 55.0. The van der Waals surface area contributed by atoms with Gasteiger partial charge in [-0.05, 0) is 49.2 Å². The summed E-state index contributed by atoms with van der Waals surface area (Å²) in [6.07, 6.45) is -3.73. The van der Waals surface area contributed by atoms with Crippen LogP contribution in [0.25, 0.3) is 11.4 Å². The van der Waals surface area contributed by atoms with E-state index in [0.717, 1.165) is 6.07 Å². The number of nitrogens with one attached hydrogen (secondary N) is 1. The van der Waals surface area contributed by atoms with E-state index in [0.29, 0.717) is 43.1 Å². The lowest BCUT2D eigenvalue weighted by Crippen LogP contribution is -2.38. The quantitative estimate of drug-likeness (QED) is 0.613. The molecule has 0 atom stereocenters. The molecule has 3 aromatic rings. The van der Waals surface area contributed by atoms with Gasteiger partial charge in [0, 0.05) is 24.6 Å². The van der Waals surface area contributed by atoms with Gasteiger partial charge < -0.3 is 9.64 Å². The number of ether oxygens (including phenoxy) is 1. The molecule has 1 N–H and O–H groups in total. The minimum absolute atomic E-state index is 0.0208. The molecule has 0 saturated carbocycles. The third kappa shape index (κ3) is 4.84. The third-order valence-corrected chi connectivity index (χ3v) is 5.12. The number of alkyl halides is 3. The van der Waals surface area contributed by atoms with Gasteiger partial charge in [-0.3, -0.25) is 9.89 Å². The van der Waals surface area contributed by atoms with Crippen LogP contribution in [-0.2, 0) is 0 Å². The topological polar surface area (TPSA) is 71.1 Å². The van der Waals surface area contributed by atoms with E-state index in [2.05, 4.69) is 19.9 Å². The number of hydrogen-bond acceptors (Lipinski definition) is 4. The fraction of sp³-hybridized carbons (Fsp3) is 0.286. The molecule has 31 heavy (non-hydrogen) atoms.